The van der Waals surface area contributed by atoms with Crippen LogP contribution in [0.2, 0.25) is 0 Å². The zero-order valence-electron chi connectivity index (χ0n) is 31.7. The number of pyridine rings is 2. The molecule has 2 aromatic heterocycles. The number of rotatable bonds is 20. The standard InChI is InChI=1S/C43H54N6O5/c1-29(2)39(48-37(50)23-21-33-19-11-13-25-44-33)42(53)46-35(27-31-15-7-5-8-16-31)41(52)36(28-32-17-9-6-10-18-32)47-43(54)40(30(3)4)49-38(51)24-22-34-20-12-14-26-45-34/h5-20,25-26,29-30,35-36,39-41,52H,21-24,27-28H2,1-4H3,(H,46,53)(H,47,54)(H,48,50)(H,49,51)/t35-,36-,39?,40?,41?/m0/s1. The van der Waals surface area contributed by atoms with Gasteiger partial charge in [-0.05, 0) is 72.9 Å². The number of aliphatic hydroxyl groups excluding tert-OH is 1. The highest BCUT2D eigenvalue weighted by molar-refractivity contribution is 5.89. The van der Waals surface area contributed by atoms with E-state index in [2.05, 4.69) is 31.2 Å². The number of carbonyl (C=O) groups excluding carboxylic acids is 4. The Balaban J connectivity index is 1.54. The van der Waals surface area contributed by atoms with Crippen LogP contribution in [0.15, 0.2) is 109 Å². The highest BCUT2D eigenvalue weighted by Gasteiger charge is 2.35. The molecule has 0 radical (unpaired) electrons. The summed E-state index contributed by atoms with van der Waals surface area (Å²) in [5.41, 5.74) is 3.29. The smallest absolute Gasteiger partial charge is 0.243 e. The minimum absolute atomic E-state index is 0.158. The average molecular weight is 735 g/mol. The Hall–Kier alpha value is -5.42. The van der Waals surface area contributed by atoms with E-state index in [1.165, 1.54) is 0 Å². The number of hydrogen-bond acceptors (Lipinski definition) is 7. The molecule has 0 aliphatic rings. The highest BCUT2D eigenvalue weighted by atomic mass is 16.3. The Labute approximate surface area is 318 Å². The van der Waals surface area contributed by atoms with Gasteiger partial charge in [-0.15, -0.1) is 0 Å². The molecular weight excluding hydrogens is 681 g/mol. The monoisotopic (exact) mass is 734 g/mol. The van der Waals surface area contributed by atoms with Crippen LogP contribution in [0.1, 0.15) is 63.1 Å². The molecular formula is C43H54N6O5. The van der Waals surface area contributed by atoms with Gasteiger partial charge in [-0.1, -0.05) is 100 Å². The fraction of sp³-hybridized carbons (Fsp3) is 0.395. The van der Waals surface area contributed by atoms with Crippen molar-refractivity contribution in [3.8, 4) is 0 Å². The van der Waals surface area contributed by atoms with Gasteiger partial charge in [0.2, 0.25) is 23.6 Å². The van der Waals surface area contributed by atoms with Crippen LogP contribution in [0.3, 0.4) is 0 Å². The average Bonchev–Trinajstić information content (AvgIpc) is 3.17. The lowest BCUT2D eigenvalue weighted by Gasteiger charge is -2.34. The number of carbonyl (C=O) groups is 4. The van der Waals surface area contributed by atoms with Gasteiger partial charge in [-0.2, -0.15) is 0 Å². The van der Waals surface area contributed by atoms with Crippen LogP contribution in [-0.2, 0) is 44.9 Å². The van der Waals surface area contributed by atoms with E-state index in [4.69, 9.17) is 0 Å². The van der Waals surface area contributed by atoms with Gasteiger partial charge in [0.1, 0.15) is 12.1 Å². The van der Waals surface area contributed by atoms with Gasteiger partial charge in [-0.3, -0.25) is 29.1 Å². The highest BCUT2D eigenvalue weighted by Crippen LogP contribution is 2.16. The molecule has 0 bridgehead atoms. The van der Waals surface area contributed by atoms with Gasteiger partial charge in [0.25, 0.3) is 0 Å². The van der Waals surface area contributed by atoms with E-state index in [-0.39, 0.29) is 49.3 Å². The van der Waals surface area contributed by atoms with Crippen LogP contribution in [0.25, 0.3) is 0 Å². The minimum atomic E-state index is -1.27. The number of nitrogens with one attached hydrogen (secondary N) is 4. The van der Waals surface area contributed by atoms with Crippen LogP contribution < -0.4 is 21.3 Å². The third-order valence-corrected chi connectivity index (χ3v) is 9.28. The van der Waals surface area contributed by atoms with Gasteiger partial charge < -0.3 is 26.4 Å². The number of hydrogen-bond donors (Lipinski definition) is 5. The quantitative estimate of drug-likeness (QED) is 0.0912. The molecule has 0 saturated heterocycles. The molecule has 0 saturated carbocycles. The fourth-order valence-corrected chi connectivity index (χ4v) is 6.21. The van der Waals surface area contributed by atoms with Gasteiger partial charge in [0, 0.05) is 36.6 Å². The van der Waals surface area contributed by atoms with Crippen molar-refractivity contribution in [2.45, 2.75) is 96.5 Å². The van der Waals surface area contributed by atoms with Crippen LogP contribution in [-0.4, -0.2) is 69.0 Å². The molecule has 2 heterocycles. The van der Waals surface area contributed by atoms with Gasteiger partial charge >= 0.3 is 0 Å². The predicted octanol–water partition coefficient (Wildman–Crippen LogP) is 4.14. The van der Waals surface area contributed by atoms with Gasteiger partial charge in [0.05, 0.1) is 18.2 Å². The molecule has 286 valence electrons. The van der Waals surface area contributed by atoms with Crippen molar-refractivity contribution in [3.05, 3.63) is 132 Å². The zero-order chi connectivity index (χ0) is 38.9. The maximum Gasteiger partial charge on any atom is 0.243 e. The Morgan fingerprint density at radius 2 is 0.907 bits per heavy atom. The van der Waals surface area contributed by atoms with E-state index >= 15 is 0 Å². The van der Waals surface area contributed by atoms with E-state index < -0.39 is 42.1 Å². The molecule has 0 fully saturated rings. The summed E-state index contributed by atoms with van der Waals surface area (Å²) in [6.45, 7) is 7.39. The number of benzene rings is 2. The molecule has 4 rings (SSSR count). The molecule has 2 aromatic carbocycles. The van der Waals surface area contributed by atoms with E-state index in [0.29, 0.717) is 12.8 Å². The Bertz CT molecular complexity index is 1610. The van der Waals surface area contributed by atoms with Crippen LogP contribution in [0.4, 0.5) is 0 Å². The number of aromatic nitrogens is 2. The number of amides is 4. The second-order valence-corrected chi connectivity index (χ2v) is 14.3. The van der Waals surface area contributed by atoms with Crippen molar-refractivity contribution in [2.24, 2.45) is 11.8 Å². The molecule has 54 heavy (non-hydrogen) atoms. The molecule has 4 aromatic rings. The van der Waals surface area contributed by atoms with Crippen molar-refractivity contribution in [1.29, 1.82) is 0 Å². The molecule has 0 aliphatic heterocycles. The lowest BCUT2D eigenvalue weighted by Crippen LogP contribution is -2.61. The topological polar surface area (TPSA) is 162 Å². The zero-order valence-corrected chi connectivity index (χ0v) is 31.7. The molecule has 4 atom stereocenters. The van der Waals surface area contributed by atoms with Crippen molar-refractivity contribution in [3.63, 3.8) is 0 Å². The largest absolute Gasteiger partial charge is 0.389 e. The number of nitrogens with zero attached hydrogens (tertiary/aromatic N) is 2. The molecule has 2 unspecified atom stereocenters. The summed E-state index contributed by atoms with van der Waals surface area (Å²) in [7, 11) is 0. The number of aryl methyl sites for hydroxylation is 2. The van der Waals surface area contributed by atoms with Crippen LogP contribution >= 0.6 is 0 Å². The van der Waals surface area contributed by atoms with Gasteiger partial charge in [0.15, 0.2) is 0 Å². The minimum Gasteiger partial charge on any atom is -0.389 e. The summed E-state index contributed by atoms with van der Waals surface area (Å²) in [6, 6.07) is 26.5. The maximum atomic E-state index is 14.0. The first-order chi connectivity index (χ1) is 26.0. The Morgan fingerprint density at radius 1 is 0.537 bits per heavy atom. The molecule has 4 amide bonds. The second kappa shape index (κ2) is 21.3. The van der Waals surface area contributed by atoms with E-state index in [9.17, 15) is 24.3 Å². The summed E-state index contributed by atoms with van der Waals surface area (Å²) < 4.78 is 0. The normalized spacial score (nSPS) is 14.0. The van der Waals surface area contributed by atoms with Crippen molar-refractivity contribution < 1.29 is 24.3 Å². The third-order valence-electron chi connectivity index (χ3n) is 9.28. The lowest BCUT2D eigenvalue weighted by molar-refractivity contribution is -0.132. The van der Waals surface area contributed by atoms with Crippen molar-refractivity contribution in [1.82, 2.24) is 31.2 Å². The summed E-state index contributed by atoms with van der Waals surface area (Å²) in [4.78, 5) is 62.6. The molecule has 11 heteroatoms. The summed E-state index contributed by atoms with van der Waals surface area (Å²) in [6.07, 6.45) is 3.77. The molecule has 5 N–H and O–H groups in total. The Morgan fingerprint density at radius 3 is 1.24 bits per heavy atom. The third kappa shape index (κ3) is 13.5. The van der Waals surface area contributed by atoms with Crippen LogP contribution in [0.5, 0.6) is 0 Å². The maximum absolute atomic E-state index is 14.0. The van der Waals surface area contributed by atoms with Gasteiger partial charge in [-0.25, -0.2) is 0 Å². The summed E-state index contributed by atoms with van der Waals surface area (Å²) in [5, 5.41) is 24.0. The summed E-state index contributed by atoms with van der Waals surface area (Å²) in [5.74, 6) is -1.98. The second-order valence-electron chi connectivity index (χ2n) is 14.3. The first kappa shape index (κ1) is 41.3. The number of aliphatic hydroxyl groups is 1. The summed E-state index contributed by atoms with van der Waals surface area (Å²) >= 11 is 0. The molecule has 0 spiro atoms. The van der Waals surface area contributed by atoms with Crippen LogP contribution in [0, 0.1) is 11.8 Å². The molecule has 11 nitrogen and oxygen atoms in total. The van der Waals surface area contributed by atoms with E-state index in [0.717, 1.165) is 22.5 Å². The van der Waals surface area contributed by atoms with Crippen molar-refractivity contribution in [2.75, 3.05) is 0 Å². The van der Waals surface area contributed by atoms with Crippen molar-refractivity contribution >= 4 is 23.6 Å². The predicted molar refractivity (Wildman–Crippen MR) is 209 cm³/mol. The Kier molecular flexibility index (Phi) is 16.3. The SMILES string of the molecule is CC(C)C(NC(=O)CCc1ccccn1)C(=O)N[C@@H](Cc1ccccc1)C(O)[C@H](Cc1ccccc1)NC(=O)C(NC(=O)CCc1ccccn1)C(C)C. The lowest BCUT2D eigenvalue weighted by atomic mass is 9.91. The fourth-order valence-electron chi connectivity index (χ4n) is 6.21. The first-order valence-corrected chi connectivity index (χ1v) is 18.7. The van der Waals surface area contributed by atoms with E-state index in [1.54, 1.807) is 12.4 Å². The molecule has 0 aliphatic carbocycles. The first-order valence-electron chi connectivity index (χ1n) is 18.7. The van der Waals surface area contributed by atoms with E-state index in [1.807, 2.05) is 125 Å².